The van der Waals surface area contributed by atoms with Crippen molar-refractivity contribution in [2.24, 2.45) is 0 Å². The molecule has 98 valence electrons. The Hall–Kier alpha value is -1.75. The number of phenolic OH excluding ortho intramolecular Hbond substituents is 1. The number of nitrogens with zero attached hydrogens (tertiary/aromatic N) is 1. The molecule has 1 aliphatic rings. The molecule has 0 unspecified atom stereocenters. The number of rotatable bonds is 1. The molecule has 0 aromatic heterocycles. The van der Waals surface area contributed by atoms with Crippen LogP contribution >= 0.6 is 0 Å². The lowest BCUT2D eigenvalue weighted by atomic mass is 10.1. The zero-order valence-corrected chi connectivity index (χ0v) is 10.6. The van der Waals surface area contributed by atoms with Crippen molar-refractivity contribution >= 4 is 11.6 Å². The highest BCUT2D eigenvalue weighted by Crippen LogP contribution is 2.27. The van der Waals surface area contributed by atoms with Gasteiger partial charge in [-0.15, -0.1) is 0 Å². The number of hydrogen-bond acceptors (Lipinski definition) is 4. The molecule has 0 radical (unpaired) electrons. The van der Waals surface area contributed by atoms with Gasteiger partial charge in [0.15, 0.2) is 5.75 Å². The SMILES string of the molecule is CC1(C)CN(C(=O)c2cccc(N)c2O)CCO1. The third-order valence-electron chi connectivity index (χ3n) is 3.01. The van der Waals surface area contributed by atoms with Gasteiger partial charge in [-0.2, -0.15) is 0 Å². The lowest BCUT2D eigenvalue weighted by Crippen LogP contribution is -2.50. The second kappa shape index (κ2) is 4.49. The van der Waals surface area contributed by atoms with Crippen LogP contribution in [0.3, 0.4) is 0 Å². The van der Waals surface area contributed by atoms with Gasteiger partial charge in [0.1, 0.15) is 0 Å². The molecule has 0 saturated carbocycles. The number of ether oxygens (including phenoxy) is 1. The van der Waals surface area contributed by atoms with E-state index in [1.54, 1.807) is 23.1 Å². The molecule has 1 heterocycles. The number of nitrogen functional groups attached to an aromatic ring is 1. The Morgan fingerprint density at radius 3 is 2.89 bits per heavy atom. The number of carbonyl (C=O) groups is 1. The number of aromatic hydroxyl groups is 1. The number of phenols is 1. The fourth-order valence-electron chi connectivity index (χ4n) is 2.09. The van der Waals surface area contributed by atoms with E-state index >= 15 is 0 Å². The molecule has 18 heavy (non-hydrogen) atoms. The molecular formula is C13H18N2O3. The quantitative estimate of drug-likeness (QED) is 0.580. The van der Waals surface area contributed by atoms with Crippen LogP contribution in [-0.2, 0) is 4.74 Å². The van der Waals surface area contributed by atoms with E-state index in [-0.39, 0.29) is 28.5 Å². The minimum absolute atomic E-state index is 0.146. The summed E-state index contributed by atoms with van der Waals surface area (Å²) in [5, 5.41) is 9.82. The number of anilines is 1. The van der Waals surface area contributed by atoms with Crippen LogP contribution in [0.5, 0.6) is 5.75 Å². The minimum Gasteiger partial charge on any atom is -0.505 e. The van der Waals surface area contributed by atoms with E-state index in [1.165, 1.54) is 0 Å². The third kappa shape index (κ3) is 2.41. The van der Waals surface area contributed by atoms with E-state index in [0.717, 1.165) is 0 Å². The first kappa shape index (κ1) is 12.7. The fraction of sp³-hybridized carbons (Fsp3) is 0.462. The van der Waals surface area contributed by atoms with Crippen molar-refractivity contribution in [1.29, 1.82) is 0 Å². The van der Waals surface area contributed by atoms with Crippen molar-refractivity contribution in [3.63, 3.8) is 0 Å². The molecule has 0 bridgehead atoms. The van der Waals surface area contributed by atoms with Crippen LogP contribution in [0.25, 0.3) is 0 Å². The number of para-hydroxylation sites is 1. The van der Waals surface area contributed by atoms with E-state index < -0.39 is 0 Å². The molecular weight excluding hydrogens is 232 g/mol. The van der Waals surface area contributed by atoms with Gasteiger partial charge in [0.2, 0.25) is 0 Å². The smallest absolute Gasteiger partial charge is 0.257 e. The number of hydrogen-bond donors (Lipinski definition) is 2. The van der Waals surface area contributed by atoms with Gasteiger partial charge in [0.25, 0.3) is 5.91 Å². The summed E-state index contributed by atoms with van der Waals surface area (Å²) in [6, 6.07) is 4.81. The van der Waals surface area contributed by atoms with E-state index in [4.69, 9.17) is 10.5 Å². The molecule has 0 aliphatic carbocycles. The minimum atomic E-state index is -0.357. The second-order valence-electron chi connectivity index (χ2n) is 5.08. The fourth-order valence-corrected chi connectivity index (χ4v) is 2.09. The topological polar surface area (TPSA) is 75.8 Å². The van der Waals surface area contributed by atoms with Crippen LogP contribution in [0.1, 0.15) is 24.2 Å². The number of benzene rings is 1. The highest BCUT2D eigenvalue weighted by atomic mass is 16.5. The first-order chi connectivity index (χ1) is 8.41. The summed E-state index contributed by atoms with van der Waals surface area (Å²) in [4.78, 5) is 14.0. The molecule has 3 N–H and O–H groups in total. The van der Waals surface area contributed by atoms with Gasteiger partial charge in [0, 0.05) is 13.1 Å². The van der Waals surface area contributed by atoms with Gasteiger partial charge in [-0.1, -0.05) is 6.07 Å². The summed E-state index contributed by atoms with van der Waals surface area (Å²) in [7, 11) is 0. The van der Waals surface area contributed by atoms with E-state index in [1.807, 2.05) is 13.8 Å². The van der Waals surface area contributed by atoms with Crippen LogP contribution in [-0.4, -0.2) is 41.2 Å². The molecule has 2 rings (SSSR count). The highest BCUT2D eigenvalue weighted by Gasteiger charge is 2.31. The normalized spacial score (nSPS) is 18.7. The molecule has 0 spiro atoms. The van der Waals surface area contributed by atoms with Crippen molar-refractivity contribution in [1.82, 2.24) is 4.90 Å². The third-order valence-corrected chi connectivity index (χ3v) is 3.01. The molecule has 1 amide bonds. The molecule has 1 aromatic carbocycles. The summed E-state index contributed by atoms with van der Waals surface area (Å²) in [6.45, 7) is 5.40. The molecule has 1 aromatic rings. The Kier molecular flexibility index (Phi) is 3.17. The van der Waals surface area contributed by atoms with Crippen LogP contribution in [0, 0.1) is 0 Å². The van der Waals surface area contributed by atoms with Gasteiger partial charge >= 0.3 is 0 Å². The standard InChI is InChI=1S/C13H18N2O3/c1-13(2)8-15(6-7-18-13)12(17)9-4-3-5-10(14)11(9)16/h3-5,16H,6-8,14H2,1-2H3. The largest absolute Gasteiger partial charge is 0.505 e. The first-order valence-corrected chi connectivity index (χ1v) is 5.91. The number of amides is 1. The zero-order chi connectivity index (χ0) is 13.3. The van der Waals surface area contributed by atoms with Crippen molar-refractivity contribution in [3.05, 3.63) is 23.8 Å². The maximum Gasteiger partial charge on any atom is 0.257 e. The lowest BCUT2D eigenvalue weighted by Gasteiger charge is -2.38. The van der Waals surface area contributed by atoms with Crippen LogP contribution < -0.4 is 5.73 Å². The highest BCUT2D eigenvalue weighted by molar-refractivity contribution is 5.98. The van der Waals surface area contributed by atoms with Gasteiger partial charge in [0.05, 0.1) is 23.5 Å². The summed E-state index contributed by atoms with van der Waals surface area (Å²) < 4.78 is 5.55. The van der Waals surface area contributed by atoms with Gasteiger partial charge < -0.3 is 20.5 Å². The van der Waals surface area contributed by atoms with E-state index in [9.17, 15) is 9.90 Å². The van der Waals surface area contributed by atoms with Crippen molar-refractivity contribution in [2.45, 2.75) is 19.4 Å². The average molecular weight is 250 g/mol. The van der Waals surface area contributed by atoms with Crippen LogP contribution in [0.15, 0.2) is 18.2 Å². The van der Waals surface area contributed by atoms with Crippen molar-refractivity contribution in [2.75, 3.05) is 25.4 Å². The Balaban J connectivity index is 2.23. The van der Waals surface area contributed by atoms with E-state index in [2.05, 4.69) is 0 Å². The number of morpholine rings is 1. The molecule has 5 nitrogen and oxygen atoms in total. The lowest BCUT2D eigenvalue weighted by molar-refractivity contribution is -0.0764. The summed E-state index contributed by atoms with van der Waals surface area (Å²) in [6.07, 6.45) is 0. The molecule has 1 aliphatic heterocycles. The number of nitrogens with two attached hydrogens (primary N) is 1. The van der Waals surface area contributed by atoms with Gasteiger partial charge in [-0.3, -0.25) is 4.79 Å². The van der Waals surface area contributed by atoms with Gasteiger partial charge in [-0.25, -0.2) is 0 Å². The van der Waals surface area contributed by atoms with Gasteiger partial charge in [-0.05, 0) is 26.0 Å². The number of carbonyl (C=O) groups excluding carboxylic acids is 1. The maximum absolute atomic E-state index is 12.3. The summed E-state index contributed by atoms with van der Waals surface area (Å²) >= 11 is 0. The average Bonchev–Trinajstić information content (AvgIpc) is 2.30. The Bertz CT molecular complexity index is 471. The summed E-state index contributed by atoms with van der Waals surface area (Å²) in [5.41, 5.74) is 5.70. The molecule has 5 heteroatoms. The Morgan fingerprint density at radius 2 is 2.22 bits per heavy atom. The predicted molar refractivity (Wildman–Crippen MR) is 68.5 cm³/mol. The second-order valence-corrected chi connectivity index (χ2v) is 5.08. The maximum atomic E-state index is 12.3. The molecule has 1 saturated heterocycles. The predicted octanol–water partition coefficient (Wildman–Crippen LogP) is 1.23. The monoisotopic (exact) mass is 250 g/mol. The van der Waals surface area contributed by atoms with Crippen molar-refractivity contribution < 1.29 is 14.6 Å². The molecule has 1 fully saturated rings. The van der Waals surface area contributed by atoms with Crippen LogP contribution in [0.4, 0.5) is 5.69 Å². The van der Waals surface area contributed by atoms with Crippen molar-refractivity contribution in [3.8, 4) is 5.75 Å². The van der Waals surface area contributed by atoms with Crippen LogP contribution in [0.2, 0.25) is 0 Å². The first-order valence-electron chi connectivity index (χ1n) is 5.91. The molecule has 0 atom stereocenters. The Morgan fingerprint density at radius 1 is 1.50 bits per heavy atom. The van der Waals surface area contributed by atoms with E-state index in [0.29, 0.717) is 19.7 Å². The zero-order valence-electron chi connectivity index (χ0n) is 10.6. The summed E-state index contributed by atoms with van der Waals surface area (Å²) in [5.74, 6) is -0.358. The Labute approximate surface area is 106 Å².